The maximum Gasteiger partial charge on any atom is 0.248 e. The zero-order valence-electron chi connectivity index (χ0n) is 23.8. The van der Waals surface area contributed by atoms with Crippen LogP contribution in [0.15, 0.2) is 66.9 Å². The van der Waals surface area contributed by atoms with E-state index in [1.807, 2.05) is 63.2 Å². The summed E-state index contributed by atoms with van der Waals surface area (Å²) in [6.45, 7) is 5.95. The number of pyridine rings is 1. The van der Waals surface area contributed by atoms with Crippen LogP contribution < -0.4 is 15.5 Å². The fourth-order valence-corrected chi connectivity index (χ4v) is 5.25. The van der Waals surface area contributed by atoms with Crippen molar-refractivity contribution in [2.45, 2.75) is 84.2 Å². The van der Waals surface area contributed by atoms with Gasteiger partial charge in [-0.1, -0.05) is 67.3 Å². The van der Waals surface area contributed by atoms with Gasteiger partial charge in [-0.05, 0) is 74.9 Å². The molecule has 40 heavy (non-hydrogen) atoms. The van der Waals surface area contributed by atoms with Crippen molar-refractivity contribution in [2.75, 3.05) is 10.2 Å². The Morgan fingerprint density at radius 2 is 1.62 bits per heavy atom. The van der Waals surface area contributed by atoms with Gasteiger partial charge >= 0.3 is 0 Å². The molecular formula is C33H40N4O3. The summed E-state index contributed by atoms with van der Waals surface area (Å²) < 4.78 is 0. The van der Waals surface area contributed by atoms with E-state index in [1.165, 1.54) is 6.42 Å². The van der Waals surface area contributed by atoms with Gasteiger partial charge in [-0.3, -0.25) is 19.3 Å². The van der Waals surface area contributed by atoms with Crippen molar-refractivity contribution in [3.63, 3.8) is 0 Å². The Hall–Kier alpha value is -4.00. The Morgan fingerprint density at radius 1 is 0.900 bits per heavy atom. The molecule has 1 saturated carbocycles. The molecule has 0 saturated heterocycles. The zero-order valence-corrected chi connectivity index (χ0v) is 23.8. The molecule has 0 aliphatic heterocycles. The van der Waals surface area contributed by atoms with Crippen LogP contribution in [0.5, 0.6) is 0 Å². The summed E-state index contributed by atoms with van der Waals surface area (Å²) in [5.41, 5.74) is 4.48. The Bertz CT molecular complexity index is 1300. The lowest BCUT2D eigenvalue weighted by Crippen LogP contribution is -2.47. The average Bonchev–Trinajstić information content (AvgIpc) is 2.95. The molecule has 2 aromatic carbocycles. The third kappa shape index (κ3) is 7.78. The van der Waals surface area contributed by atoms with Gasteiger partial charge in [0.1, 0.15) is 11.9 Å². The number of rotatable bonds is 10. The molecule has 7 heteroatoms. The number of aryl methyl sites for hydroxylation is 3. The summed E-state index contributed by atoms with van der Waals surface area (Å²) in [4.78, 5) is 46.3. The van der Waals surface area contributed by atoms with Crippen LogP contribution in [0.1, 0.15) is 79.7 Å². The molecule has 210 valence electrons. The highest BCUT2D eigenvalue weighted by Crippen LogP contribution is 2.33. The van der Waals surface area contributed by atoms with E-state index in [2.05, 4.69) is 15.6 Å². The van der Waals surface area contributed by atoms with Gasteiger partial charge in [0.15, 0.2) is 0 Å². The number of hydrogen-bond acceptors (Lipinski definition) is 4. The number of nitrogens with zero attached hydrogens (tertiary/aromatic N) is 2. The van der Waals surface area contributed by atoms with Gasteiger partial charge in [0, 0.05) is 30.8 Å². The van der Waals surface area contributed by atoms with E-state index in [-0.39, 0.29) is 36.6 Å². The fourth-order valence-electron chi connectivity index (χ4n) is 5.25. The second-order valence-corrected chi connectivity index (χ2v) is 10.8. The summed E-state index contributed by atoms with van der Waals surface area (Å²) >= 11 is 0. The number of hydrogen-bond donors (Lipinski definition) is 2. The summed E-state index contributed by atoms with van der Waals surface area (Å²) in [6, 6.07) is 18.4. The van der Waals surface area contributed by atoms with Gasteiger partial charge < -0.3 is 10.6 Å². The minimum absolute atomic E-state index is 0.111. The van der Waals surface area contributed by atoms with Crippen LogP contribution in [0.4, 0.5) is 11.5 Å². The second kappa shape index (κ2) is 13.9. The first kappa shape index (κ1) is 29.0. The number of aromatic nitrogens is 1. The van der Waals surface area contributed by atoms with Crippen LogP contribution in [0, 0.1) is 20.8 Å². The Morgan fingerprint density at radius 3 is 2.33 bits per heavy atom. The van der Waals surface area contributed by atoms with Gasteiger partial charge in [-0.2, -0.15) is 0 Å². The van der Waals surface area contributed by atoms with Crippen LogP contribution >= 0.6 is 0 Å². The van der Waals surface area contributed by atoms with Crippen molar-refractivity contribution in [2.24, 2.45) is 0 Å². The van der Waals surface area contributed by atoms with Crippen molar-refractivity contribution in [3.8, 4) is 0 Å². The van der Waals surface area contributed by atoms with Crippen LogP contribution in [0.25, 0.3) is 0 Å². The molecule has 3 amide bonds. The maximum absolute atomic E-state index is 14.0. The molecule has 7 nitrogen and oxygen atoms in total. The largest absolute Gasteiger partial charge is 0.351 e. The van der Waals surface area contributed by atoms with E-state index in [0.717, 1.165) is 47.9 Å². The van der Waals surface area contributed by atoms with Crippen LogP contribution in [0.2, 0.25) is 0 Å². The summed E-state index contributed by atoms with van der Waals surface area (Å²) in [6.07, 6.45) is 7.56. The standard InChI is InChI=1S/C33H40N4O3/c1-23-16-19-26(20-17-23)32(33(40)35-27-10-5-4-6-11-27)37(28-22-24(2)15-18-25(28)3)31(39)14-9-13-30(38)36-29-12-7-8-21-34-29/h7-8,12,15-22,27,32H,4-6,9-11,13-14H2,1-3H3,(H,35,40)(H,34,36,38). The molecule has 1 fully saturated rings. The lowest BCUT2D eigenvalue weighted by Gasteiger charge is -2.34. The number of amides is 3. The lowest BCUT2D eigenvalue weighted by molar-refractivity contribution is -0.127. The molecular weight excluding hydrogens is 500 g/mol. The minimum atomic E-state index is -0.821. The minimum Gasteiger partial charge on any atom is -0.351 e. The molecule has 0 spiro atoms. The van der Waals surface area contributed by atoms with Crippen molar-refractivity contribution < 1.29 is 14.4 Å². The van der Waals surface area contributed by atoms with Crippen molar-refractivity contribution >= 4 is 29.2 Å². The summed E-state index contributed by atoms with van der Waals surface area (Å²) in [5.74, 6) is -0.0776. The van der Waals surface area contributed by atoms with Gasteiger partial charge in [0.2, 0.25) is 17.7 Å². The summed E-state index contributed by atoms with van der Waals surface area (Å²) in [7, 11) is 0. The molecule has 1 aromatic heterocycles. The molecule has 2 N–H and O–H groups in total. The lowest BCUT2D eigenvalue weighted by atomic mass is 9.94. The molecule has 1 aliphatic rings. The third-order valence-electron chi connectivity index (χ3n) is 7.47. The first-order chi connectivity index (χ1) is 19.3. The Kier molecular flexibility index (Phi) is 10.1. The number of carbonyl (C=O) groups is 3. The molecule has 1 unspecified atom stereocenters. The van der Waals surface area contributed by atoms with Crippen molar-refractivity contribution in [1.82, 2.24) is 10.3 Å². The fraction of sp³-hybridized carbons (Fsp3) is 0.394. The Labute approximate surface area is 237 Å². The zero-order chi connectivity index (χ0) is 28.5. The average molecular weight is 541 g/mol. The number of carbonyl (C=O) groups excluding carboxylic acids is 3. The highest BCUT2D eigenvalue weighted by Gasteiger charge is 2.34. The third-order valence-corrected chi connectivity index (χ3v) is 7.47. The smallest absolute Gasteiger partial charge is 0.248 e. The number of nitrogens with one attached hydrogen (secondary N) is 2. The van der Waals surface area contributed by atoms with Crippen LogP contribution in [-0.4, -0.2) is 28.7 Å². The van der Waals surface area contributed by atoms with E-state index >= 15 is 0 Å². The normalized spacial score (nSPS) is 14.3. The molecule has 3 aromatic rings. The molecule has 0 radical (unpaired) electrons. The van der Waals surface area contributed by atoms with E-state index in [1.54, 1.807) is 29.3 Å². The molecule has 1 heterocycles. The molecule has 1 aliphatic carbocycles. The molecule has 0 bridgehead atoms. The van der Waals surface area contributed by atoms with Gasteiger partial charge in [-0.15, -0.1) is 0 Å². The van der Waals surface area contributed by atoms with Gasteiger partial charge in [0.25, 0.3) is 0 Å². The second-order valence-electron chi connectivity index (χ2n) is 10.8. The summed E-state index contributed by atoms with van der Waals surface area (Å²) in [5, 5.41) is 6.04. The van der Waals surface area contributed by atoms with Gasteiger partial charge in [-0.25, -0.2) is 4.98 Å². The van der Waals surface area contributed by atoms with Crippen LogP contribution in [-0.2, 0) is 14.4 Å². The first-order valence-electron chi connectivity index (χ1n) is 14.3. The van der Waals surface area contributed by atoms with E-state index < -0.39 is 6.04 Å². The predicted molar refractivity (Wildman–Crippen MR) is 159 cm³/mol. The van der Waals surface area contributed by atoms with Crippen molar-refractivity contribution in [3.05, 3.63) is 89.1 Å². The predicted octanol–water partition coefficient (Wildman–Crippen LogP) is 6.34. The van der Waals surface area contributed by atoms with E-state index in [4.69, 9.17) is 0 Å². The van der Waals surface area contributed by atoms with E-state index in [9.17, 15) is 14.4 Å². The topological polar surface area (TPSA) is 91.4 Å². The number of anilines is 2. The highest BCUT2D eigenvalue weighted by atomic mass is 16.2. The Balaban J connectivity index is 1.61. The highest BCUT2D eigenvalue weighted by molar-refractivity contribution is 6.02. The first-order valence-corrected chi connectivity index (χ1v) is 14.3. The van der Waals surface area contributed by atoms with Gasteiger partial charge in [0.05, 0.1) is 0 Å². The molecule has 1 atom stereocenters. The maximum atomic E-state index is 14.0. The van der Waals surface area contributed by atoms with E-state index in [0.29, 0.717) is 17.9 Å². The molecule has 4 rings (SSSR count). The quantitative estimate of drug-likeness (QED) is 0.314. The SMILES string of the molecule is Cc1ccc(C(C(=O)NC2CCCCC2)N(C(=O)CCCC(=O)Nc2ccccn2)c2cc(C)ccc2C)cc1. The monoisotopic (exact) mass is 540 g/mol. The van der Waals surface area contributed by atoms with Crippen molar-refractivity contribution in [1.29, 1.82) is 0 Å². The number of benzene rings is 2. The van der Waals surface area contributed by atoms with Crippen LogP contribution in [0.3, 0.4) is 0 Å².